The third-order valence-corrected chi connectivity index (χ3v) is 5.28. The number of nitrogens with zero attached hydrogens (tertiary/aromatic N) is 2. The molecule has 1 aliphatic heterocycles. The Morgan fingerprint density at radius 2 is 1.83 bits per heavy atom. The van der Waals surface area contributed by atoms with Gasteiger partial charge in [0, 0.05) is 36.1 Å². The zero-order valence-corrected chi connectivity index (χ0v) is 17.1. The van der Waals surface area contributed by atoms with Crippen LogP contribution in [0.4, 0.5) is 17.1 Å². The van der Waals surface area contributed by atoms with Crippen LogP contribution < -0.4 is 10.2 Å². The van der Waals surface area contributed by atoms with E-state index in [4.69, 9.17) is 4.74 Å². The summed E-state index contributed by atoms with van der Waals surface area (Å²) in [5, 5.41) is 13.7. The number of hydrogen-bond donors (Lipinski definition) is 1. The van der Waals surface area contributed by atoms with Crippen LogP contribution in [0.1, 0.15) is 35.7 Å². The number of amides is 1. The summed E-state index contributed by atoms with van der Waals surface area (Å²) in [7, 11) is 0. The zero-order valence-electron chi connectivity index (χ0n) is 17.1. The predicted molar refractivity (Wildman–Crippen MR) is 114 cm³/mol. The first-order valence-electron chi connectivity index (χ1n) is 9.90. The van der Waals surface area contributed by atoms with E-state index in [1.807, 2.05) is 24.3 Å². The van der Waals surface area contributed by atoms with Gasteiger partial charge in [-0.3, -0.25) is 14.9 Å². The number of piperidine rings is 1. The van der Waals surface area contributed by atoms with E-state index in [-0.39, 0.29) is 11.3 Å². The van der Waals surface area contributed by atoms with Crippen molar-refractivity contribution in [3.8, 4) is 0 Å². The van der Waals surface area contributed by atoms with E-state index in [0.29, 0.717) is 11.3 Å². The highest BCUT2D eigenvalue weighted by Crippen LogP contribution is 2.24. The maximum Gasteiger partial charge on any atom is 0.338 e. The number of nitrogens with one attached hydrogen (secondary N) is 1. The average molecular weight is 411 g/mol. The van der Waals surface area contributed by atoms with Crippen LogP contribution in [0.2, 0.25) is 0 Å². The van der Waals surface area contributed by atoms with Gasteiger partial charge >= 0.3 is 5.97 Å². The SMILES string of the molecule is Cc1ccc(C(=O)OCC(=O)Nc2ccc(N3CCC(C)CC3)cc2)cc1[N+](=O)[O-]. The third-order valence-electron chi connectivity index (χ3n) is 5.28. The summed E-state index contributed by atoms with van der Waals surface area (Å²) < 4.78 is 4.98. The summed E-state index contributed by atoms with van der Waals surface area (Å²) >= 11 is 0. The van der Waals surface area contributed by atoms with Crippen molar-refractivity contribution in [3.05, 3.63) is 63.7 Å². The molecule has 0 aliphatic carbocycles. The minimum atomic E-state index is -0.789. The quantitative estimate of drug-likeness (QED) is 0.439. The molecule has 0 bridgehead atoms. The fourth-order valence-corrected chi connectivity index (χ4v) is 3.37. The molecule has 1 heterocycles. The van der Waals surface area contributed by atoms with Gasteiger partial charge in [0.25, 0.3) is 11.6 Å². The van der Waals surface area contributed by atoms with Crippen LogP contribution in [0.25, 0.3) is 0 Å². The number of carbonyl (C=O) groups excluding carboxylic acids is 2. The molecule has 30 heavy (non-hydrogen) atoms. The van der Waals surface area contributed by atoms with Crippen molar-refractivity contribution in [2.24, 2.45) is 5.92 Å². The van der Waals surface area contributed by atoms with Gasteiger partial charge < -0.3 is 15.0 Å². The van der Waals surface area contributed by atoms with Gasteiger partial charge in [0.05, 0.1) is 10.5 Å². The molecule has 0 atom stereocenters. The van der Waals surface area contributed by atoms with Crippen LogP contribution in [0, 0.1) is 23.0 Å². The minimum absolute atomic E-state index is 0.0281. The number of benzene rings is 2. The molecule has 2 aromatic rings. The Kier molecular flexibility index (Phi) is 6.66. The molecular formula is C22H25N3O5. The van der Waals surface area contributed by atoms with E-state index in [1.54, 1.807) is 6.92 Å². The smallest absolute Gasteiger partial charge is 0.338 e. The lowest BCUT2D eigenvalue weighted by Gasteiger charge is -2.32. The second-order valence-corrected chi connectivity index (χ2v) is 7.60. The molecule has 2 aromatic carbocycles. The van der Waals surface area contributed by atoms with Gasteiger partial charge in [0.15, 0.2) is 6.61 Å². The van der Waals surface area contributed by atoms with E-state index in [0.717, 1.165) is 30.8 Å². The van der Waals surface area contributed by atoms with Crippen molar-refractivity contribution >= 4 is 28.9 Å². The monoisotopic (exact) mass is 411 g/mol. The molecule has 0 unspecified atom stereocenters. The first kappa shape index (κ1) is 21.3. The number of nitro benzene ring substituents is 1. The number of hydrogen-bond acceptors (Lipinski definition) is 6. The lowest BCUT2D eigenvalue weighted by molar-refractivity contribution is -0.385. The topological polar surface area (TPSA) is 102 Å². The number of esters is 1. The number of ether oxygens (including phenoxy) is 1. The fourth-order valence-electron chi connectivity index (χ4n) is 3.37. The molecule has 3 rings (SSSR count). The Bertz CT molecular complexity index is 934. The maximum atomic E-state index is 12.1. The predicted octanol–water partition coefficient (Wildman–Crippen LogP) is 3.94. The van der Waals surface area contributed by atoms with E-state index >= 15 is 0 Å². The summed E-state index contributed by atoms with van der Waals surface area (Å²) in [4.78, 5) is 36.9. The maximum absolute atomic E-state index is 12.1. The van der Waals surface area contributed by atoms with Gasteiger partial charge in [0.1, 0.15) is 0 Å². The molecule has 0 saturated carbocycles. The van der Waals surface area contributed by atoms with E-state index in [1.165, 1.54) is 25.0 Å². The molecule has 158 valence electrons. The molecular weight excluding hydrogens is 386 g/mol. The van der Waals surface area contributed by atoms with Crippen LogP contribution in [-0.4, -0.2) is 36.5 Å². The number of anilines is 2. The van der Waals surface area contributed by atoms with Crippen LogP contribution in [0.3, 0.4) is 0 Å². The molecule has 1 saturated heterocycles. The second kappa shape index (κ2) is 9.39. The molecule has 0 spiro atoms. The van der Waals surface area contributed by atoms with Gasteiger partial charge in [-0.25, -0.2) is 4.79 Å². The molecule has 1 fully saturated rings. The highest BCUT2D eigenvalue weighted by atomic mass is 16.6. The lowest BCUT2D eigenvalue weighted by atomic mass is 9.99. The highest BCUT2D eigenvalue weighted by Gasteiger charge is 2.18. The molecule has 0 radical (unpaired) electrons. The largest absolute Gasteiger partial charge is 0.452 e. The number of nitro groups is 1. The Labute approximate surface area is 175 Å². The van der Waals surface area contributed by atoms with Crippen LogP contribution >= 0.6 is 0 Å². The molecule has 1 aliphatic rings. The van der Waals surface area contributed by atoms with Gasteiger partial charge in [-0.05, 0) is 56.0 Å². The van der Waals surface area contributed by atoms with Crippen molar-refractivity contribution in [3.63, 3.8) is 0 Å². The van der Waals surface area contributed by atoms with Crippen molar-refractivity contribution in [1.29, 1.82) is 0 Å². The normalized spacial score (nSPS) is 14.3. The zero-order chi connectivity index (χ0) is 21.7. The van der Waals surface area contributed by atoms with Crippen molar-refractivity contribution < 1.29 is 19.2 Å². The molecule has 8 heteroatoms. The van der Waals surface area contributed by atoms with Gasteiger partial charge in [-0.2, -0.15) is 0 Å². The van der Waals surface area contributed by atoms with Crippen molar-refractivity contribution in [2.75, 3.05) is 29.9 Å². The molecule has 8 nitrogen and oxygen atoms in total. The van der Waals surface area contributed by atoms with E-state index < -0.39 is 23.4 Å². The second-order valence-electron chi connectivity index (χ2n) is 7.60. The molecule has 0 aromatic heterocycles. The average Bonchev–Trinajstić information content (AvgIpc) is 2.73. The van der Waals surface area contributed by atoms with Gasteiger partial charge in [0.2, 0.25) is 0 Å². The van der Waals surface area contributed by atoms with E-state index in [2.05, 4.69) is 17.1 Å². The first-order chi connectivity index (χ1) is 14.3. The Balaban J connectivity index is 1.51. The summed E-state index contributed by atoms with van der Waals surface area (Å²) in [6.07, 6.45) is 2.35. The summed E-state index contributed by atoms with van der Waals surface area (Å²) in [6.45, 7) is 5.42. The van der Waals surface area contributed by atoms with Gasteiger partial charge in [-0.1, -0.05) is 13.0 Å². The minimum Gasteiger partial charge on any atom is -0.452 e. The van der Waals surface area contributed by atoms with Crippen LogP contribution in [0.15, 0.2) is 42.5 Å². The summed E-state index contributed by atoms with van der Waals surface area (Å²) in [5.74, 6) is -0.513. The highest BCUT2D eigenvalue weighted by molar-refractivity contribution is 5.95. The number of aryl methyl sites for hydroxylation is 1. The third kappa shape index (κ3) is 5.34. The number of carbonyl (C=O) groups is 2. The Morgan fingerprint density at radius 1 is 1.17 bits per heavy atom. The fraction of sp³-hybridized carbons (Fsp3) is 0.364. The number of rotatable bonds is 6. The van der Waals surface area contributed by atoms with Crippen molar-refractivity contribution in [1.82, 2.24) is 0 Å². The Hall–Kier alpha value is -3.42. The lowest BCUT2D eigenvalue weighted by Crippen LogP contribution is -2.32. The molecule has 1 amide bonds. The van der Waals surface area contributed by atoms with Gasteiger partial charge in [-0.15, -0.1) is 0 Å². The van der Waals surface area contributed by atoms with Crippen LogP contribution in [-0.2, 0) is 9.53 Å². The van der Waals surface area contributed by atoms with Crippen LogP contribution in [0.5, 0.6) is 0 Å². The molecule has 1 N–H and O–H groups in total. The van der Waals surface area contributed by atoms with E-state index in [9.17, 15) is 19.7 Å². The Morgan fingerprint density at radius 3 is 2.47 bits per heavy atom. The summed E-state index contributed by atoms with van der Waals surface area (Å²) in [6, 6.07) is 11.6. The standard InChI is InChI=1S/C22H25N3O5/c1-15-9-11-24(12-10-15)19-7-5-18(6-8-19)23-21(26)14-30-22(27)17-4-3-16(2)20(13-17)25(28)29/h3-8,13,15H,9-12,14H2,1-2H3,(H,23,26). The van der Waals surface area contributed by atoms with Crippen molar-refractivity contribution in [2.45, 2.75) is 26.7 Å². The first-order valence-corrected chi connectivity index (χ1v) is 9.90. The summed E-state index contributed by atoms with van der Waals surface area (Å²) in [5.41, 5.74) is 2.03.